The molecule has 0 radical (unpaired) electrons. The topological polar surface area (TPSA) is 60.9 Å². The first kappa shape index (κ1) is 21.1. The summed E-state index contributed by atoms with van der Waals surface area (Å²) in [4.78, 5) is 45.8. The van der Waals surface area contributed by atoms with E-state index in [4.69, 9.17) is 0 Å². The van der Waals surface area contributed by atoms with Gasteiger partial charge in [0.05, 0.1) is 11.7 Å². The van der Waals surface area contributed by atoms with E-state index in [2.05, 4.69) is 0 Å². The standard InChI is InChI=1S/C25H27N3O3S/c1-26-24(31)27(23(30)25(26)14-8-3-9-15-25)16-22(29)28-19-12-6-7-13-21(19)32-17-20(28)18-10-4-2-5-11-18/h2,4-7,10-13,20H,3,8-9,14-17H2,1H3. The summed E-state index contributed by atoms with van der Waals surface area (Å²) < 4.78 is 0. The molecule has 7 heteroatoms. The van der Waals surface area contributed by atoms with E-state index in [1.165, 1.54) is 4.90 Å². The lowest BCUT2D eigenvalue weighted by Crippen LogP contribution is -2.50. The van der Waals surface area contributed by atoms with Crippen molar-refractivity contribution in [1.29, 1.82) is 0 Å². The van der Waals surface area contributed by atoms with Crippen molar-refractivity contribution in [2.75, 3.05) is 24.2 Å². The molecule has 166 valence electrons. The Morgan fingerprint density at radius 3 is 2.44 bits per heavy atom. The Kier molecular flexibility index (Phi) is 5.45. The predicted molar refractivity (Wildman–Crippen MR) is 125 cm³/mol. The van der Waals surface area contributed by atoms with E-state index in [1.54, 1.807) is 28.6 Å². The maximum Gasteiger partial charge on any atom is 0.327 e. The first-order valence-electron chi connectivity index (χ1n) is 11.2. The second kappa shape index (κ2) is 8.28. The highest BCUT2D eigenvalue weighted by Crippen LogP contribution is 2.44. The van der Waals surface area contributed by atoms with Gasteiger partial charge in [-0.15, -0.1) is 11.8 Å². The molecule has 1 saturated carbocycles. The number of anilines is 1. The van der Waals surface area contributed by atoms with Crippen molar-refractivity contribution < 1.29 is 14.4 Å². The third kappa shape index (κ3) is 3.30. The summed E-state index contributed by atoms with van der Waals surface area (Å²) in [6, 6.07) is 17.3. The number of hydrogen-bond acceptors (Lipinski definition) is 4. The number of benzene rings is 2. The van der Waals surface area contributed by atoms with Crippen molar-refractivity contribution in [2.24, 2.45) is 0 Å². The molecule has 4 amide bonds. The molecule has 2 aromatic carbocycles. The normalized spacial score (nSPS) is 22.4. The number of nitrogens with zero attached hydrogens (tertiary/aromatic N) is 3. The summed E-state index contributed by atoms with van der Waals surface area (Å²) in [5.74, 6) is 0.280. The van der Waals surface area contributed by atoms with E-state index in [1.807, 2.05) is 54.6 Å². The number of likely N-dealkylation sites (N-methyl/N-ethyl adjacent to an activating group) is 1. The van der Waals surface area contributed by atoms with Crippen LogP contribution in [0.5, 0.6) is 0 Å². The van der Waals surface area contributed by atoms with Gasteiger partial charge >= 0.3 is 6.03 Å². The lowest BCUT2D eigenvalue weighted by Gasteiger charge is -2.38. The number of hydrogen-bond donors (Lipinski definition) is 0. The van der Waals surface area contributed by atoms with Crippen LogP contribution < -0.4 is 4.90 Å². The minimum absolute atomic E-state index is 0.155. The second-order valence-electron chi connectivity index (χ2n) is 8.79. The highest BCUT2D eigenvalue weighted by atomic mass is 32.2. The predicted octanol–water partition coefficient (Wildman–Crippen LogP) is 4.46. The molecular weight excluding hydrogens is 422 g/mol. The molecular formula is C25H27N3O3S. The zero-order valence-corrected chi connectivity index (χ0v) is 19.0. The van der Waals surface area contributed by atoms with E-state index in [-0.39, 0.29) is 30.4 Å². The second-order valence-corrected chi connectivity index (χ2v) is 9.86. The zero-order chi connectivity index (χ0) is 22.3. The molecule has 2 heterocycles. The molecule has 32 heavy (non-hydrogen) atoms. The van der Waals surface area contributed by atoms with Gasteiger partial charge in [0, 0.05) is 17.7 Å². The summed E-state index contributed by atoms with van der Waals surface area (Å²) in [5.41, 5.74) is 1.11. The molecule has 5 rings (SSSR count). The number of carbonyl (C=O) groups excluding carboxylic acids is 3. The Bertz CT molecular complexity index is 1050. The maximum atomic E-state index is 13.7. The summed E-state index contributed by atoms with van der Waals surface area (Å²) in [6.07, 6.45) is 4.29. The fourth-order valence-electron chi connectivity index (χ4n) is 5.30. The minimum atomic E-state index is -0.774. The van der Waals surface area contributed by atoms with Crippen molar-refractivity contribution in [3.63, 3.8) is 0 Å². The third-order valence-corrected chi connectivity index (χ3v) is 8.20. The van der Waals surface area contributed by atoms with Gasteiger partial charge in [0.2, 0.25) is 5.91 Å². The summed E-state index contributed by atoms with van der Waals surface area (Å²) in [6.45, 7) is -0.230. The molecule has 1 aliphatic carbocycles. The van der Waals surface area contributed by atoms with Crippen LogP contribution in [0.1, 0.15) is 43.7 Å². The SMILES string of the molecule is CN1C(=O)N(CC(=O)N2c3ccccc3SCC2c2ccccc2)C(=O)C12CCCCC2. The van der Waals surface area contributed by atoms with Gasteiger partial charge in [-0.05, 0) is 30.5 Å². The van der Waals surface area contributed by atoms with Gasteiger partial charge in [-0.25, -0.2) is 4.79 Å². The van der Waals surface area contributed by atoms with Crippen LogP contribution in [-0.2, 0) is 9.59 Å². The molecule has 2 aliphatic heterocycles. The summed E-state index contributed by atoms with van der Waals surface area (Å²) in [5, 5.41) is 0. The number of carbonyl (C=O) groups is 3. The van der Waals surface area contributed by atoms with Gasteiger partial charge in [0.1, 0.15) is 12.1 Å². The number of thioether (sulfide) groups is 1. The smallest absolute Gasteiger partial charge is 0.313 e. The van der Waals surface area contributed by atoms with Gasteiger partial charge in [-0.1, -0.05) is 61.7 Å². The zero-order valence-electron chi connectivity index (χ0n) is 18.2. The number of rotatable bonds is 3. The molecule has 2 fully saturated rings. The molecule has 1 unspecified atom stereocenters. The van der Waals surface area contributed by atoms with Gasteiger partial charge in [-0.2, -0.15) is 0 Å². The third-order valence-electron chi connectivity index (χ3n) is 7.06. The Labute approximate surface area is 192 Å². The van der Waals surface area contributed by atoms with Crippen LogP contribution >= 0.6 is 11.8 Å². The van der Waals surface area contributed by atoms with Crippen molar-refractivity contribution in [1.82, 2.24) is 9.80 Å². The van der Waals surface area contributed by atoms with E-state index in [9.17, 15) is 14.4 Å². The lowest BCUT2D eigenvalue weighted by molar-refractivity contribution is -0.137. The Balaban J connectivity index is 1.46. The van der Waals surface area contributed by atoms with Crippen molar-refractivity contribution in [2.45, 2.75) is 48.6 Å². The number of urea groups is 1. The van der Waals surface area contributed by atoms with Crippen LogP contribution in [0.25, 0.3) is 0 Å². The van der Waals surface area contributed by atoms with E-state index < -0.39 is 5.54 Å². The first-order chi connectivity index (χ1) is 15.5. The Morgan fingerprint density at radius 2 is 1.69 bits per heavy atom. The number of para-hydroxylation sites is 1. The van der Waals surface area contributed by atoms with E-state index in [0.717, 1.165) is 41.2 Å². The molecule has 1 saturated heterocycles. The van der Waals surface area contributed by atoms with Gasteiger partial charge < -0.3 is 9.80 Å². The van der Waals surface area contributed by atoms with Crippen molar-refractivity contribution in [3.05, 3.63) is 60.2 Å². The molecule has 1 atom stereocenters. The number of fused-ring (bicyclic) bond motifs is 1. The molecule has 0 N–H and O–H groups in total. The van der Waals surface area contributed by atoms with Crippen molar-refractivity contribution >= 4 is 35.3 Å². The van der Waals surface area contributed by atoms with Crippen LogP contribution in [0.15, 0.2) is 59.5 Å². The van der Waals surface area contributed by atoms with Gasteiger partial charge in [0.25, 0.3) is 5.91 Å². The fourth-order valence-corrected chi connectivity index (χ4v) is 6.47. The largest absolute Gasteiger partial charge is 0.327 e. The quantitative estimate of drug-likeness (QED) is 0.649. The molecule has 3 aliphatic rings. The Morgan fingerprint density at radius 1 is 1.00 bits per heavy atom. The van der Waals surface area contributed by atoms with Gasteiger partial charge in [0.15, 0.2) is 0 Å². The van der Waals surface area contributed by atoms with Gasteiger partial charge in [-0.3, -0.25) is 14.5 Å². The maximum absolute atomic E-state index is 13.7. The molecule has 1 spiro atoms. The van der Waals surface area contributed by atoms with Crippen LogP contribution in [0.3, 0.4) is 0 Å². The Hall–Kier alpha value is -2.80. The van der Waals surface area contributed by atoms with Crippen LogP contribution in [0, 0.1) is 0 Å². The van der Waals surface area contributed by atoms with Crippen molar-refractivity contribution in [3.8, 4) is 0 Å². The molecule has 0 aromatic heterocycles. The monoisotopic (exact) mass is 449 g/mol. The summed E-state index contributed by atoms with van der Waals surface area (Å²) in [7, 11) is 1.70. The average molecular weight is 450 g/mol. The first-order valence-corrected chi connectivity index (χ1v) is 12.2. The average Bonchev–Trinajstić information content (AvgIpc) is 3.00. The summed E-state index contributed by atoms with van der Waals surface area (Å²) >= 11 is 1.73. The van der Waals surface area contributed by atoms with Crippen LogP contribution in [-0.4, -0.2) is 52.5 Å². The highest BCUT2D eigenvalue weighted by Gasteiger charge is 2.56. The van der Waals surface area contributed by atoms with E-state index in [0.29, 0.717) is 12.8 Å². The minimum Gasteiger partial charge on any atom is -0.313 e. The van der Waals surface area contributed by atoms with Crippen LogP contribution in [0.2, 0.25) is 0 Å². The highest BCUT2D eigenvalue weighted by molar-refractivity contribution is 7.99. The molecule has 2 aromatic rings. The lowest BCUT2D eigenvalue weighted by atomic mass is 9.81. The van der Waals surface area contributed by atoms with E-state index >= 15 is 0 Å². The number of amides is 4. The fraction of sp³-hybridized carbons (Fsp3) is 0.400. The molecule has 0 bridgehead atoms. The number of imide groups is 1. The van der Waals surface area contributed by atoms with Crippen LogP contribution in [0.4, 0.5) is 10.5 Å². The molecule has 6 nitrogen and oxygen atoms in total.